The summed E-state index contributed by atoms with van der Waals surface area (Å²) in [5, 5.41) is 26.9. The summed E-state index contributed by atoms with van der Waals surface area (Å²) < 4.78 is 4.03. The average molecular weight is 194 g/mol. The number of carboxylic acids is 2. The molecule has 0 unspecified atom stereocenters. The summed E-state index contributed by atoms with van der Waals surface area (Å²) in [6.07, 6.45) is 0. The molecular weight excluding hydrogens is 182 g/mol. The minimum atomic E-state index is -1.45. The first-order valence-corrected chi connectivity index (χ1v) is 3.42. The highest BCUT2D eigenvalue weighted by Crippen LogP contribution is 1.68. The molecule has 0 aromatic rings. The molecular formula is C6H12NO6-. The van der Waals surface area contributed by atoms with Gasteiger partial charge in [-0.05, 0) is 0 Å². The van der Waals surface area contributed by atoms with Crippen molar-refractivity contribution in [3.8, 4) is 0 Å². The summed E-state index contributed by atoms with van der Waals surface area (Å²) in [4.78, 5) is 19.1. The minimum Gasteiger partial charge on any atom is -0.548 e. The number of ether oxygens (including phenoxy) is 1. The molecule has 13 heavy (non-hydrogen) atoms. The third-order valence-corrected chi connectivity index (χ3v) is 0.598. The van der Waals surface area contributed by atoms with Gasteiger partial charge in [-0.3, -0.25) is 0 Å². The van der Waals surface area contributed by atoms with E-state index in [0.717, 1.165) is 0 Å². The highest BCUT2D eigenvalue weighted by Gasteiger charge is 1.86. The fraction of sp³-hybridized carbons (Fsp3) is 0.667. The number of carbonyl (C=O) groups excluding carboxylic acids is 2. The number of carbonyl (C=O) groups is 2. The first-order chi connectivity index (χ1) is 6.04. The van der Waals surface area contributed by atoms with Gasteiger partial charge >= 0.3 is 0 Å². The monoisotopic (exact) mass is 194 g/mol. The molecule has 0 saturated carbocycles. The molecule has 4 N–H and O–H groups in total. The van der Waals surface area contributed by atoms with Crippen LogP contribution in [0.3, 0.4) is 0 Å². The van der Waals surface area contributed by atoms with Crippen LogP contribution >= 0.6 is 0 Å². The van der Waals surface area contributed by atoms with Gasteiger partial charge in [0.2, 0.25) is 0 Å². The van der Waals surface area contributed by atoms with E-state index < -0.39 is 25.2 Å². The van der Waals surface area contributed by atoms with Gasteiger partial charge in [-0.15, -0.1) is 0 Å². The molecule has 0 aliphatic carbocycles. The maximum absolute atomic E-state index is 9.53. The molecule has 0 saturated heterocycles. The van der Waals surface area contributed by atoms with E-state index in [1.165, 1.54) is 0 Å². The first kappa shape index (κ1) is 14.3. The Morgan fingerprint density at radius 2 is 1.54 bits per heavy atom. The lowest BCUT2D eigenvalue weighted by Crippen LogP contribution is -2.51. The highest BCUT2D eigenvalue weighted by molar-refractivity contribution is 5.68. The second kappa shape index (κ2) is 10.8. The standard InChI is InChI=1S/C4H6O5.C2H7NO/c5-3(6)1-9-2-4(7)8;3-1-2-4/h1-2H2,(H,5,6)(H,7,8);4H,1-3H2/p-1. The summed E-state index contributed by atoms with van der Waals surface area (Å²) in [6.45, 7) is -0.595. The molecule has 0 radical (unpaired) electrons. The predicted octanol–water partition coefficient (Wildman–Crippen LogP) is -5.28. The lowest BCUT2D eigenvalue weighted by molar-refractivity contribution is -0.372. The molecule has 78 valence electrons. The van der Waals surface area contributed by atoms with Crippen molar-refractivity contribution in [3.63, 3.8) is 0 Å². The molecule has 0 heterocycles. The maximum atomic E-state index is 9.53. The van der Waals surface area contributed by atoms with Crippen molar-refractivity contribution in [1.29, 1.82) is 0 Å². The molecule has 0 atom stereocenters. The summed E-state index contributed by atoms with van der Waals surface area (Å²) in [5.41, 5.74) is 3.35. The van der Waals surface area contributed by atoms with Crippen molar-refractivity contribution >= 4 is 11.9 Å². The van der Waals surface area contributed by atoms with Gasteiger partial charge in [0.25, 0.3) is 0 Å². The van der Waals surface area contributed by atoms with E-state index in [1.54, 1.807) is 0 Å². The van der Waals surface area contributed by atoms with Gasteiger partial charge in [-0.25, -0.2) is 0 Å². The van der Waals surface area contributed by atoms with Crippen LogP contribution < -0.4 is 15.9 Å². The maximum Gasteiger partial charge on any atom is 0.0974 e. The number of quaternary nitrogens is 1. The second-order valence-corrected chi connectivity index (χ2v) is 1.81. The zero-order chi connectivity index (χ0) is 10.7. The van der Waals surface area contributed by atoms with Crippen molar-refractivity contribution in [2.24, 2.45) is 0 Å². The third kappa shape index (κ3) is 24.8. The van der Waals surface area contributed by atoms with Crippen LogP contribution in [0.15, 0.2) is 0 Å². The van der Waals surface area contributed by atoms with E-state index in [9.17, 15) is 19.8 Å². The molecule has 7 heteroatoms. The van der Waals surface area contributed by atoms with Crippen molar-refractivity contribution in [2.45, 2.75) is 0 Å². The number of aliphatic hydroxyl groups is 1. The van der Waals surface area contributed by atoms with Gasteiger partial charge in [0, 0.05) is 0 Å². The van der Waals surface area contributed by atoms with Crippen LogP contribution in [-0.2, 0) is 14.3 Å². The van der Waals surface area contributed by atoms with E-state index in [-0.39, 0.29) is 6.61 Å². The number of aliphatic carboxylic acids is 2. The number of aliphatic hydroxyl groups excluding tert-OH is 1. The van der Waals surface area contributed by atoms with E-state index in [4.69, 9.17) is 5.11 Å². The molecule has 0 spiro atoms. The van der Waals surface area contributed by atoms with Crippen LogP contribution in [0, 0.1) is 0 Å². The van der Waals surface area contributed by atoms with Crippen LogP contribution in [0.5, 0.6) is 0 Å². The average Bonchev–Trinajstić information content (AvgIpc) is 2.03. The molecule has 0 aromatic heterocycles. The Bertz CT molecular complexity index is 132. The summed E-state index contributed by atoms with van der Waals surface area (Å²) in [6, 6.07) is 0. The van der Waals surface area contributed by atoms with Crippen LogP contribution in [0.2, 0.25) is 0 Å². The largest absolute Gasteiger partial charge is 0.548 e. The molecule has 0 aliphatic rings. The normalized spacial score (nSPS) is 8.46. The van der Waals surface area contributed by atoms with Crippen LogP contribution in [0.1, 0.15) is 0 Å². The number of rotatable bonds is 5. The Hall–Kier alpha value is -1.18. The topological polar surface area (TPSA) is 137 Å². The van der Waals surface area contributed by atoms with Crippen molar-refractivity contribution in [2.75, 3.05) is 26.4 Å². The van der Waals surface area contributed by atoms with Crippen LogP contribution in [-0.4, -0.2) is 43.4 Å². The summed E-state index contributed by atoms with van der Waals surface area (Å²) >= 11 is 0. The quantitative estimate of drug-likeness (QED) is 0.448. The fourth-order valence-electron chi connectivity index (χ4n) is 0.218. The lowest BCUT2D eigenvalue weighted by Gasteiger charge is -2.03. The van der Waals surface area contributed by atoms with Gasteiger partial charge in [0.15, 0.2) is 0 Å². The Labute approximate surface area is 74.7 Å². The van der Waals surface area contributed by atoms with Crippen LogP contribution in [0.25, 0.3) is 0 Å². The van der Waals surface area contributed by atoms with Gasteiger partial charge in [0.05, 0.1) is 38.3 Å². The summed E-state index contributed by atoms with van der Waals surface area (Å²) in [7, 11) is 0. The Balaban J connectivity index is 0. The molecule has 0 amide bonds. The zero-order valence-corrected chi connectivity index (χ0v) is 7.02. The zero-order valence-electron chi connectivity index (χ0n) is 7.02. The molecule has 0 bridgehead atoms. The van der Waals surface area contributed by atoms with E-state index in [2.05, 4.69) is 10.5 Å². The smallest absolute Gasteiger partial charge is 0.0974 e. The number of carboxylic acid groups (broad SMARTS) is 2. The van der Waals surface area contributed by atoms with Crippen LogP contribution in [0.4, 0.5) is 0 Å². The predicted molar refractivity (Wildman–Crippen MR) is 35.7 cm³/mol. The first-order valence-electron chi connectivity index (χ1n) is 3.42. The molecule has 0 aliphatic heterocycles. The Kier molecular flexibility index (Phi) is 11.9. The van der Waals surface area contributed by atoms with Gasteiger partial charge in [-0.1, -0.05) is 0 Å². The molecule has 0 fully saturated rings. The van der Waals surface area contributed by atoms with Gasteiger partial charge in [-0.2, -0.15) is 0 Å². The highest BCUT2D eigenvalue weighted by atomic mass is 16.5. The number of hydrogen-bond acceptors (Lipinski definition) is 6. The number of hydrogen-bond donors (Lipinski definition) is 2. The van der Waals surface area contributed by atoms with Crippen molar-refractivity contribution < 1.29 is 35.4 Å². The second-order valence-electron chi connectivity index (χ2n) is 1.81. The van der Waals surface area contributed by atoms with E-state index in [0.29, 0.717) is 6.54 Å². The fourth-order valence-corrected chi connectivity index (χ4v) is 0.218. The van der Waals surface area contributed by atoms with Crippen molar-refractivity contribution in [3.05, 3.63) is 0 Å². The molecule has 7 nitrogen and oxygen atoms in total. The molecule has 0 aromatic carbocycles. The minimum absolute atomic E-state index is 0.208. The van der Waals surface area contributed by atoms with E-state index in [1.807, 2.05) is 0 Å². The Morgan fingerprint density at radius 1 is 1.23 bits per heavy atom. The van der Waals surface area contributed by atoms with E-state index >= 15 is 0 Å². The SMILES string of the molecule is O=C([O-])COCC(=O)[O-].[NH3+]CCO. The van der Waals surface area contributed by atoms with Gasteiger partial charge < -0.3 is 35.4 Å². The third-order valence-electron chi connectivity index (χ3n) is 0.598. The lowest BCUT2D eigenvalue weighted by atomic mass is 10.7. The summed E-state index contributed by atoms with van der Waals surface area (Å²) in [5.74, 6) is -2.90. The van der Waals surface area contributed by atoms with Crippen molar-refractivity contribution in [1.82, 2.24) is 0 Å². The Morgan fingerprint density at radius 3 is 1.69 bits per heavy atom. The molecule has 0 rings (SSSR count). The van der Waals surface area contributed by atoms with Gasteiger partial charge in [0.1, 0.15) is 0 Å².